The zero-order valence-corrected chi connectivity index (χ0v) is 13.7. The minimum Gasteiger partial charge on any atom is -0.311 e. The molecule has 0 fully saturated rings. The van der Waals surface area contributed by atoms with E-state index in [0.29, 0.717) is 0 Å². The third-order valence-corrected chi connectivity index (χ3v) is 4.00. The van der Waals surface area contributed by atoms with Crippen LogP contribution in [0.25, 0.3) is 0 Å². The van der Waals surface area contributed by atoms with E-state index >= 15 is 0 Å². The summed E-state index contributed by atoms with van der Waals surface area (Å²) in [5.74, 6) is 0. The molecule has 0 heterocycles. The molecule has 3 aromatic rings. The molecule has 0 aliphatic rings. The summed E-state index contributed by atoms with van der Waals surface area (Å²) < 4.78 is 0. The Morgan fingerprint density at radius 3 is 1.79 bits per heavy atom. The molecule has 24 heavy (non-hydrogen) atoms. The van der Waals surface area contributed by atoms with Gasteiger partial charge in [0.25, 0.3) is 0 Å². The van der Waals surface area contributed by atoms with Crippen LogP contribution in [0.3, 0.4) is 0 Å². The lowest BCUT2D eigenvalue weighted by Crippen LogP contribution is -2.43. The Bertz CT molecular complexity index is 714. The van der Waals surface area contributed by atoms with Gasteiger partial charge in [0.2, 0.25) is 0 Å². The van der Waals surface area contributed by atoms with Crippen molar-refractivity contribution in [1.82, 2.24) is 10.4 Å². The molecule has 0 aromatic heterocycles. The van der Waals surface area contributed by atoms with Gasteiger partial charge >= 0.3 is 0 Å². The van der Waals surface area contributed by atoms with E-state index in [4.69, 9.17) is 5.73 Å². The molecular weight excluding hydrogens is 294 g/mol. The topological polar surface area (TPSA) is 41.3 Å². The van der Waals surface area contributed by atoms with Crippen molar-refractivity contribution in [3.05, 3.63) is 108 Å². The number of hydrogen-bond acceptors (Lipinski definition) is 3. The summed E-state index contributed by atoms with van der Waals surface area (Å²) in [6, 6.07) is 30.9. The van der Waals surface area contributed by atoms with Crippen LogP contribution in [0.1, 0.15) is 22.9 Å². The minimum atomic E-state index is -0.213. The molecule has 0 radical (unpaired) electrons. The van der Waals surface area contributed by atoms with E-state index in [2.05, 4.69) is 71.1 Å². The van der Waals surface area contributed by atoms with E-state index in [-0.39, 0.29) is 6.17 Å². The number of hydrogen-bond donors (Lipinski definition) is 2. The van der Waals surface area contributed by atoms with Crippen molar-refractivity contribution in [2.45, 2.75) is 19.3 Å². The first-order chi connectivity index (χ1) is 11.8. The molecule has 0 saturated carbocycles. The molecule has 1 unspecified atom stereocenters. The lowest BCUT2D eigenvalue weighted by molar-refractivity contribution is 0.113. The summed E-state index contributed by atoms with van der Waals surface area (Å²) in [5.41, 5.74) is 13.6. The number of hydrazine groups is 1. The lowest BCUT2D eigenvalue weighted by atomic mass is 10.1. The van der Waals surface area contributed by atoms with Crippen molar-refractivity contribution >= 4 is 0 Å². The van der Waals surface area contributed by atoms with Crippen LogP contribution < -0.4 is 11.2 Å². The molecule has 1 atom stereocenters. The third kappa shape index (κ3) is 4.52. The molecule has 3 rings (SSSR count). The molecule has 3 nitrogen and oxygen atoms in total. The second-order valence-corrected chi connectivity index (χ2v) is 5.79. The first-order valence-corrected chi connectivity index (χ1v) is 8.21. The van der Waals surface area contributed by atoms with E-state index < -0.39 is 0 Å². The Labute approximate surface area is 143 Å². The second-order valence-electron chi connectivity index (χ2n) is 5.79. The first-order valence-electron chi connectivity index (χ1n) is 8.21. The molecule has 0 bridgehead atoms. The van der Waals surface area contributed by atoms with Gasteiger partial charge in [-0.2, -0.15) is 0 Å². The Morgan fingerprint density at radius 2 is 1.21 bits per heavy atom. The van der Waals surface area contributed by atoms with Crippen molar-refractivity contribution < 1.29 is 0 Å². The van der Waals surface area contributed by atoms with Gasteiger partial charge < -0.3 is 5.73 Å². The number of nitrogens with zero attached hydrogens (tertiary/aromatic N) is 1. The second kappa shape index (κ2) is 8.41. The molecular formula is C21H23N3. The Kier molecular flexibility index (Phi) is 5.75. The van der Waals surface area contributed by atoms with Gasteiger partial charge in [-0.15, -0.1) is 0 Å². The predicted octanol–water partition coefficient (Wildman–Crippen LogP) is 3.85. The van der Waals surface area contributed by atoms with E-state index in [9.17, 15) is 0 Å². The van der Waals surface area contributed by atoms with Crippen LogP contribution in [0.2, 0.25) is 0 Å². The van der Waals surface area contributed by atoms with Crippen molar-refractivity contribution in [2.24, 2.45) is 5.73 Å². The number of benzene rings is 3. The van der Waals surface area contributed by atoms with Crippen molar-refractivity contribution in [3.63, 3.8) is 0 Å². The molecule has 3 heteroatoms. The first kappa shape index (κ1) is 16.4. The summed E-state index contributed by atoms with van der Waals surface area (Å²) in [6.07, 6.45) is -0.213. The number of rotatable bonds is 7. The van der Waals surface area contributed by atoms with Gasteiger partial charge in [-0.3, -0.25) is 0 Å². The van der Waals surface area contributed by atoms with E-state index in [1.165, 1.54) is 11.1 Å². The molecule has 122 valence electrons. The van der Waals surface area contributed by atoms with Gasteiger partial charge in [-0.1, -0.05) is 91.0 Å². The summed E-state index contributed by atoms with van der Waals surface area (Å²) in [7, 11) is 0. The highest BCUT2D eigenvalue weighted by molar-refractivity contribution is 5.20. The monoisotopic (exact) mass is 317 g/mol. The van der Waals surface area contributed by atoms with E-state index in [1.807, 2.05) is 30.3 Å². The fourth-order valence-electron chi connectivity index (χ4n) is 2.65. The van der Waals surface area contributed by atoms with Crippen LogP contribution in [-0.4, -0.2) is 5.01 Å². The fraction of sp³-hybridized carbons (Fsp3) is 0.143. The largest absolute Gasteiger partial charge is 0.311 e. The summed E-state index contributed by atoms with van der Waals surface area (Å²) >= 11 is 0. The quantitative estimate of drug-likeness (QED) is 0.514. The van der Waals surface area contributed by atoms with Crippen molar-refractivity contribution in [2.75, 3.05) is 0 Å². The van der Waals surface area contributed by atoms with Crippen LogP contribution in [0.4, 0.5) is 0 Å². The molecule has 0 amide bonds. The SMILES string of the molecule is NC(c1ccccc1)N(Cc1ccccc1)NCc1ccccc1. The maximum atomic E-state index is 6.51. The Hall–Kier alpha value is -2.46. The average molecular weight is 317 g/mol. The van der Waals surface area contributed by atoms with Gasteiger partial charge in [0.1, 0.15) is 0 Å². The van der Waals surface area contributed by atoms with Gasteiger partial charge in [0.05, 0.1) is 6.17 Å². The van der Waals surface area contributed by atoms with Crippen LogP contribution in [0, 0.1) is 0 Å². The number of nitrogens with one attached hydrogen (secondary N) is 1. The molecule has 0 aliphatic carbocycles. The third-order valence-electron chi connectivity index (χ3n) is 4.00. The van der Waals surface area contributed by atoms with Gasteiger partial charge in [0.15, 0.2) is 0 Å². The molecule has 0 aliphatic heterocycles. The maximum Gasteiger partial charge on any atom is 0.0971 e. The number of nitrogens with two attached hydrogens (primary N) is 1. The van der Waals surface area contributed by atoms with Crippen molar-refractivity contribution in [3.8, 4) is 0 Å². The van der Waals surface area contributed by atoms with Gasteiger partial charge in [-0.25, -0.2) is 10.4 Å². The zero-order chi connectivity index (χ0) is 16.6. The van der Waals surface area contributed by atoms with Crippen LogP contribution in [0.15, 0.2) is 91.0 Å². The standard InChI is InChI=1S/C21H23N3/c22-21(20-14-8-3-9-15-20)24(17-19-12-6-2-7-13-19)23-16-18-10-4-1-5-11-18/h1-15,21,23H,16-17,22H2. The van der Waals surface area contributed by atoms with Crippen LogP contribution in [-0.2, 0) is 13.1 Å². The molecule has 0 spiro atoms. The molecule has 3 aromatic carbocycles. The van der Waals surface area contributed by atoms with Crippen LogP contribution >= 0.6 is 0 Å². The highest BCUT2D eigenvalue weighted by Crippen LogP contribution is 2.16. The smallest absolute Gasteiger partial charge is 0.0971 e. The molecule has 3 N–H and O–H groups in total. The summed E-state index contributed by atoms with van der Waals surface area (Å²) in [4.78, 5) is 0. The summed E-state index contributed by atoms with van der Waals surface area (Å²) in [6.45, 7) is 1.48. The summed E-state index contributed by atoms with van der Waals surface area (Å²) in [5, 5.41) is 2.09. The lowest BCUT2D eigenvalue weighted by Gasteiger charge is -2.30. The highest BCUT2D eigenvalue weighted by Gasteiger charge is 2.16. The van der Waals surface area contributed by atoms with E-state index in [1.54, 1.807) is 0 Å². The van der Waals surface area contributed by atoms with Crippen molar-refractivity contribution in [1.29, 1.82) is 0 Å². The zero-order valence-electron chi connectivity index (χ0n) is 13.7. The minimum absolute atomic E-state index is 0.213. The highest BCUT2D eigenvalue weighted by atomic mass is 15.5. The Balaban J connectivity index is 1.75. The predicted molar refractivity (Wildman–Crippen MR) is 98.6 cm³/mol. The van der Waals surface area contributed by atoms with E-state index in [0.717, 1.165) is 18.7 Å². The maximum absolute atomic E-state index is 6.51. The average Bonchev–Trinajstić information content (AvgIpc) is 2.67. The normalized spacial score (nSPS) is 12.2. The van der Waals surface area contributed by atoms with Gasteiger partial charge in [-0.05, 0) is 16.7 Å². The van der Waals surface area contributed by atoms with Gasteiger partial charge in [0, 0.05) is 13.1 Å². The molecule has 0 saturated heterocycles. The Morgan fingerprint density at radius 1 is 0.708 bits per heavy atom. The fourth-order valence-corrected chi connectivity index (χ4v) is 2.65. The van der Waals surface area contributed by atoms with Crippen LogP contribution in [0.5, 0.6) is 0 Å².